The zero-order valence-corrected chi connectivity index (χ0v) is 21.0. The van der Waals surface area contributed by atoms with Crippen molar-refractivity contribution in [2.24, 2.45) is 0 Å². The Bertz CT molecular complexity index is 863. The quantitative estimate of drug-likeness (QED) is 0.358. The van der Waals surface area contributed by atoms with Crippen molar-refractivity contribution in [2.75, 3.05) is 13.2 Å². The second-order valence-electron chi connectivity index (χ2n) is 8.60. The second kappa shape index (κ2) is 10.9. The summed E-state index contributed by atoms with van der Waals surface area (Å²) in [5.41, 5.74) is 0. The van der Waals surface area contributed by atoms with Crippen LogP contribution in [0.5, 0.6) is 0 Å². The van der Waals surface area contributed by atoms with E-state index in [0.717, 1.165) is 38.7 Å². The van der Waals surface area contributed by atoms with Gasteiger partial charge in [0, 0.05) is 0 Å². The van der Waals surface area contributed by atoms with Crippen molar-refractivity contribution >= 4 is 27.5 Å². The molecule has 1 aliphatic rings. The Kier molecular flexibility index (Phi) is 8.57. The van der Waals surface area contributed by atoms with Gasteiger partial charge in [0.25, 0.3) is 0 Å². The first-order valence-electron chi connectivity index (χ1n) is 11.0. The summed E-state index contributed by atoms with van der Waals surface area (Å²) in [7, 11) is -3.40. The zero-order chi connectivity index (χ0) is 21.5. The topological polar surface area (TPSA) is 52.6 Å². The molecule has 1 heterocycles. The van der Waals surface area contributed by atoms with E-state index in [1.165, 1.54) is 4.40 Å². The van der Waals surface area contributed by atoms with E-state index in [4.69, 9.17) is 9.47 Å². The predicted octanol–water partition coefficient (Wildman–Crippen LogP) is 4.70. The molecule has 0 spiro atoms. The maximum atomic E-state index is 13.7. The van der Waals surface area contributed by atoms with Crippen molar-refractivity contribution in [1.29, 1.82) is 0 Å². The third-order valence-electron chi connectivity index (χ3n) is 6.07. The fourth-order valence-corrected chi connectivity index (χ4v) is 17.7. The van der Waals surface area contributed by atoms with Crippen molar-refractivity contribution in [2.45, 2.75) is 65.3 Å². The molecule has 2 unspecified atom stereocenters. The summed E-state index contributed by atoms with van der Waals surface area (Å²) >= 11 is -2.89. The van der Waals surface area contributed by atoms with Crippen LogP contribution >= 0.6 is 0 Å². The van der Waals surface area contributed by atoms with Crippen LogP contribution in [-0.4, -0.2) is 45.3 Å². The van der Waals surface area contributed by atoms with E-state index in [2.05, 4.69) is 23.6 Å². The van der Waals surface area contributed by atoms with Crippen molar-refractivity contribution in [3.63, 3.8) is 0 Å². The molecule has 3 rings (SSSR count). The van der Waals surface area contributed by atoms with Crippen LogP contribution in [0.2, 0.25) is 11.5 Å². The van der Waals surface area contributed by atoms with Crippen LogP contribution in [0.25, 0.3) is 0 Å². The van der Waals surface area contributed by atoms with Crippen molar-refractivity contribution in [3.8, 4) is 0 Å². The number of hydrogen-bond acceptors (Lipinski definition) is 4. The molecule has 2 aromatic rings. The maximum absolute atomic E-state index is 13.7. The number of unbranched alkanes of at least 4 members (excludes halogenated alkanes) is 1. The third kappa shape index (κ3) is 5.96. The predicted molar refractivity (Wildman–Crippen MR) is 124 cm³/mol. The van der Waals surface area contributed by atoms with Gasteiger partial charge in [0.2, 0.25) is 0 Å². The first kappa shape index (κ1) is 23.5. The first-order chi connectivity index (χ1) is 14.4. The molecule has 2 aromatic carbocycles. The Morgan fingerprint density at radius 3 is 2.30 bits per heavy atom. The van der Waals surface area contributed by atoms with Gasteiger partial charge in [0.05, 0.1) is 0 Å². The summed E-state index contributed by atoms with van der Waals surface area (Å²) in [5.74, 6) is 4.46. The molecule has 0 aliphatic carbocycles. The molecule has 4 nitrogen and oxygen atoms in total. The number of ether oxygens (including phenoxy) is 2. The summed E-state index contributed by atoms with van der Waals surface area (Å²) in [6.07, 6.45) is 5.51. The minimum atomic E-state index is -3.40. The van der Waals surface area contributed by atoms with Gasteiger partial charge >= 0.3 is 185 Å². The van der Waals surface area contributed by atoms with Gasteiger partial charge in [0.15, 0.2) is 0 Å². The van der Waals surface area contributed by atoms with Gasteiger partial charge in [-0.05, 0) is 0 Å². The van der Waals surface area contributed by atoms with Gasteiger partial charge < -0.3 is 0 Å². The molecule has 1 aliphatic heterocycles. The fourth-order valence-electron chi connectivity index (χ4n) is 4.22. The monoisotopic (exact) mass is 492 g/mol. The van der Waals surface area contributed by atoms with E-state index >= 15 is 0 Å². The fraction of sp³-hybridized carbons (Fsp3) is 0.500. The molecule has 1 saturated heterocycles. The summed E-state index contributed by atoms with van der Waals surface area (Å²) < 4.78 is 39.7. The van der Waals surface area contributed by atoms with E-state index in [-0.39, 0.29) is 10.4 Å². The average Bonchev–Trinajstić information content (AvgIpc) is 2.78. The molecule has 0 bridgehead atoms. The molecular formula is C24H34GeO4S. The van der Waals surface area contributed by atoms with Gasteiger partial charge in [-0.2, -0.15) is 0 Å². The van der Waals surface area contributed by atoms with E-state index in [1.807, 2.05) is 36.4 Å². The molecule has 1 fully saturated rings. The molecule has 0 amide bonds. The van der Waals surface area contributed by atoms with Crippen molar-refractivity contribution in [3.05, 3.63) is 60.7 Å². The van der Waals surface area contributed by atoms with Crippen molar-refractivity contribution in [1.82, 2.24) is 0 Å². The van der Waals surface area contributed by atoms with Crippen LogP contribution in [0.3, 0.4) is 0 Å². The molecule has 0 saturated carbocycles. The Balaban J connectivity index is 1.71. The van der Waals surface area contributed by atoms with Gasteiger partial charge in [0.1, 0.15) is 0 Å². The van der Waals surface area contributed by atoms with Crippen LogP contribution in [0.1, 0.15) is 38.5 Å². The Hall–Kier alpha value is -1.15. The Morgan fingerprint density at radius 2 is 1.67 bits per heavy atom. The van der Waals surface area contributed by atoms with Crippen LogP contribution in [0.4, 0.5) is 0 Å². The molecule has 164 valence electrons. The molecule has 30 heavy (non-hydrogen) atoms. The van der Waals surface area contributed by atoms with Crippen LogP contribution in [0, 0.1) is 0 Å². The van der Waals surface area contributed by atoms with Gasteiger partial charge in [-0.3, -0.25) is 0 Å². The molecular weight excluding hydrogens is 457 g/mol. The number of benzene rings is 2. The minimum absolute atomic E-state index is 0.0824. The van der Waals surface area contributed by atoms with Crippen LogP contribution in [-0.2, 0) is 19.3 Å². The Morgan fingerprint density at radius 1 is 1.00 bits per heavy atom. The second-order valence-corrected chi connectivity index (χ2v) is 21.5. The van der Waals surface area contributed by atoms with E-state index in [9.17, 15) is 8.42 Å². The number of hydrogen-bond donors (Lipinski definition) is 0. The first-order valence-corrected chi connectivity index (χ1v) is 19.0. The average molecular weight is 491 g/mol. The number of sulfone groups is 1. The molecule has 0 radical (unpaired) electrons. The normalized spacial score (nSPS) is 18.8. The van der Waals surface area contributed by atoms with Crippen LogP contribution < -0.4 is 4.40 Å². The van der Waals surface area contributed by atoms with Gasteiger partial charge in [-0.15, -0.1) is 0 Å². The molecule has 0 N–H and O–H groups in total. The van der Waals surface area contributed by atoms with Crippen LogP contribution in [0.15, 0.2) is 65.6 Å². The molecule has 6 heteroatoms. The van der Waals surface area contributed by atoms with E-state index in [0.29, 0.717) is 17.9 Å². The Labute approximate surface area is 184 Å². The van der Waals surface area contributed by atoms with Gasteiger partial charge in [-0.25, -0.2) is 0 Å². The third-order valence-corrected chi connectivity index (χ3v) is 20.8. The SMILES string of the molecule is [CH3][Ge]([CH3])([c]1ccccc1)[CH](CCCCOC1CCCCO1)S(=O)(=O)c1ccccc1. The zero-order valence-electron chi connectivity index (χ0n) is 18.1. The summed E-state index contributed by atoms with van der Waals surface area (Å²) in [6, 6.07) is 19.2. The standard InChI is InChI=1S/C24H34GeO4S/c1-25(2,21-13-5-3-6-14-21)23(30(26,27)22-15-7-4-8-16-22)17-9-11-19-28-24-18-10-12-20-29-24/h3-8,13-16,23-24H,9-12,17-20H2,1-2H3. The van der Waals surface area contributed by atoms with Crippen molar-refractivity contribution < 1.29 is 17.9 Å². The summed E-state index contributed by atoms with van der Waals surface area (Å²) in [4.78, 5) is 0.441. The van der Waals surface area contributed by atoms with E-state index in [1.54, 1.807) is 12.1 Å². The summed E-state index contributed by atoms with van der Waals surface area (Å²) in [5, 5.41) is 0. The summed E-state index contributed by atoms with van der Waals surface area (Å²) in [6.45, 7) is 1.41. The molecule has 2 atom stereocenters. The molecule has 0 aromatic heterocycles. The van der Waals surface area contributed by atoms with E-state index < -0.39 is 23.1 Å². The number of rotatable bonds is 10. The van der Waals surface area contributed by atoms with Gasteiger partial charge in [-0.1, -0.05) is 0 Å².